The summed E-state index contributed by atoms with van der Waals surface area (Å²) in [6.07, 6.45) is 2.93. The van der Waals surface area contributed by atoms with Crippen molar-refractivity contribution in [2.24, 2.45) is 11.3 Å². The summed E-state index contributed by atoms with van der Waals surface area (Å²) >= 11 is 1.23. The van der Waals surface area contributed by atoms with Gasteiger partial charge in [-0.15, -0.1) is 0 Å². The zero-order valence-electron chi connectivity index (χ0n) is 19.6. The summed E-state index contributed by atoms with van der Waals surface area (Å²) in [5.74, 6) is 0.724. The van der Waals surface area contributed by atoms with Crippen LogP contribution in [0.5, 0.6) is 5.75 Å². The molecule has 1 aliphatic carbocycles. The van der Waals surface area contributed by atoms with Gasteiger partial charge in [-0.2, -0.15) is 5.26 Å². The average Bonchev–Trinajstić information content (AvgIpc) is 3.06. The van der Waals surface area contributed by atoms with E-state index in [0.29, 0.717) is 34.6 Å². The maximum absolute atomic E-state index is 13.1. The van der Waals surface area contributed by atoms with Crippen LogP contribution in [0.4, 0.5) is 5.69 Å². The van der Waals surface area contributed by atoms with Crippen molar-refractivity contribution in [2.75, 3.05) is 11.5 Å². The number of nitrogens with zero attached hydrogens (tertiary/aromatic N) is 3. The van der Waals surface area contributed by atoms with Crippen molar-refractivity contribution in [1.29, 1.82) is 5.26 Å². The van der Waals surface area contributed by atoms with E-state index in [9.17, 15) is 14.9 Å². The molecule has 6 nitrogen and oxygen atoms in total. The van der Waals surface area contributed by atoms with Crippen LogP contribution < -0.4 is 9.64 Å². The summed E-state index contributed by atoms with van der Waals surface area (Å²) in [6, 6.07) is 11.1. The van der Waals surface area contributed by atoms with E-state index in [2.05, 4.69) is 26.8 Å². The van der Waals surface area contributed by atoms with Gasteiger partial charge in [0.2, 0.25) is 11.8 Å². The van der Waals surface area contributed by atoms with E-state index >= 15 is 0 Å². The van der Waals surface area contributed by atoms with Crippen molar-refractivity contribution in [3.63, 3.8) is 0 Å². The number of fused-ring (bicyclic) bond motifs is 1. The molecule has 33 heavy (non-hydrogen) atoms. The monoisotopic (exact) mass is 463 g/mol. The van der Waals surface area contributed by atoms with Gasteiger partial charge in [0.15, 0.2) is 0 Å². The van der Waals surface area contributed by atoms with E-state index < -0.39 is 5.25 Å². The molecule has 172 valence electrons. The number of aryl methyl sites for hydroxylation is 1. The maximum Gasteiger partial charge on any atom is 0.247 e. The number of ether oxygens (including phenoxy) is 1. The van der Waals surface area contributed by atoms with Crippen molar-refractivity contribution >= 4 is 29.3 Å². The van der Waals surface area contributed by atoms with E-state index in [1.54, 1.807) is 24.3 Å². The lowest BCUT2D eigenvalue weighted by molar-refractivity contribution is -0.121. The van der Waals surface area contributed by atoms with Crippen molar-refractivity contribution in [2.45, 2.75) is 63.7 Å². The molecule has 1 aromatic carbocycles. The molecule has 2 amide bonds. The molecule has 0 N–H and O–H groups in total. The Bertz CT molecular complexity index is 1120. The second kappa shape index (κ2) is 9.18. The fraction of sp³-hybridized carbons (Fsp3) is 0.462. The normalized spacial score (nSPS) is 20.5. The Kier molecular flexibility index (Phi) is 6.49. The molecule has 1 fully saturated rings. The minimum absolute atomic E-state index is 0.0897. The fourth-order valence-corrected chi connectivity index (χ4v) is 5.61. The van der Waals surface area contributed by atoms with Crippen LogP contribution in [0.3, 0.4) is 0 Å². The fourth-order valence-electron chi connectivity index (χ4n) is 4.51. The second-order valence-corrected chi connectivity index (χ2v) is 10.9. The van der Waals surface area contributed by atoms with Crippen LogP contribution in [0, 0.1) is 22.7 Å². The van der Waals surface area contributed by atoms with E-state index in [1.165, 1.54) is 16.7 Å². The third kappa shape index (κ3) is 4.77. The molecule has 2 aliphatic rings. The van der Waals surface area contributed by atoms with Gasteiger partial charge in [-0.3, -0.25) is 9.59 Å². The minimum Gasteiger partial charge on any atom is -0.494 e. The first-order chi connectivity index (χ1) is 15.7. The lowest BCUT2D eigenvalue weighted by Crippen LogP contribution is -2.31. The van der Waals surface area contributed by atoms with Gasteiger partial charge in [0.1, 0.15) is 16.8 Å². The molecule has 0 saturated carbocycles. The molecule has 2 aromatic rings. The van der Waals surface area contributed by atoms with Crippen LogP contribution in [0.1, 0.15) is 57.4 Å². The summed E-state index contributed by atoms with van der Waals surface area (Å²) in [4.78, 5) is 31.8. The first kappa shape index (κ1) is 23.3. The summed E-state index contributed by atoms with van der Waals surface area (Å²) in [7, 11) is 0. The highest BCUT2D eigenvalue weighted by atomic mass is 32.2. The zero-order chi connectivity index (χ0) is 23.8. The summed E-state index contributed by atoms with van der Waals surface area (Å²) in [5, 5.41) is 9.72. The van der Waals surface area contributed by atoms with Crippen LogP contribution in [0.2, 0.25) is 0 Å². The van der Waals surface area contributed by atoms with Crippen molar-refractivity contribution < 1.29 is 14.3 Å². The Balaban J connectivity index is 1.54. The number of carbonyl (C=O) groups excluding carboxylic acids is 2. The quantitative estimate of drug-likeness (QED) is 0.585. The number of hydrogen-bond acceptors (Lipinski definition) is 6. The molecule has 1 aromatic heterocycles. The number of aromatic nitrogens is 1. The Morgan fingerprint density at radius 1 is 1.21 bits per heavy atom. The molecule has 4 rings (SSSR count). The molecule has 2 atom stereocenters. The van der Waals surface area contributed by atoms with Crippen LogP contribution in [0.15, 0.2) is 35.4 Å². The second-order valence-electron chi connectivity index (χ2n) is 9.67. The largest absolute Gasteiger partial charge is 0.494 e. The predicted molar refractivity (Wildman–Crippen MR) is 128 cm³/mol. The molecule has 7 heteroatoms. The van der Waals surface area contributed by atoms with Gasteiger partial charge in [-0.05, 0) is 73.4 Å². The maximum atomic E-state index is 13.1. The van der Waals surface area contributed by atoms with Gasteiger partial charge in [0.05, 0.1) is 23.1 Å². The molecular weight excluding hydrogens is 434 g/mol. The van der Waals surface area contributed by atoms with Gasteiger partial charge in [-0.1, -0.05) is 32.5 Å². The van der Waals surface area contributed by atoms with Crippen LogP contribution in [-0.4, -0.2) is 28.7 Å². The summed E-state index contributed by atoms with van der Waals surface area (Å²) in [6.45, 7) is 9.21. The lowest BCUT2D eigenvalue weighted by atomic mass is 9.71. The van der Waals surface area contributed by atoms with Gasteiger partial charge >= 0.3 is 0 Å². The van der Waals surface area contributed by atoms with Crippen LogP contribution in [0.25, 0.3) is 0 Å². The molecule has 2 heterocycles. The third-order valence-electron chi connectivity index (χ3n) is 6.46. The van der Waals surface area contributed by atoms with Gasteiger partial charge in [-0.25, -0.2) is 9.88 Å². The topological polar surface area (TPSA) is 83.3 Å². The number of pyridine rings is 1. The highest BCUT2D eigenvalue weighted by Gasteiger charge is 2.41. The number of carbonyl (C=O) groups is 2. The average molecular weight is 464 g/mol. The van der Waals surface area contributed by atoms with E-state index in [0.717, 1.165) is 30.5 Å². The van der Waals surface area contributed by atoms with E-state index in [4.69, 9.17) is 9.72 Å². The molecule has 0 spiro atoms. The van der Waals surface area contributed by atoms with Crippen molar-refractivity contribution in [3.8, 4) is 11.8 Å². The Labute approximate surface area is 199 Å². The Morgan fingerprint density at radius 3 is 2.58 bits per heavy atom. The van der Waals surface area contributed by atoms with Crippen molar-refractivity contribution in [3.05, 3.63) is 47.2 Å². The number of rotatable bonds is 5. The molecule has 1 saturated heterocycles. The number of thioether (sulfide) groups is 1. The highest BCUT2D eigenvalue weighted by molar-refractivity contribution is 8.00. The summed E-state index contributed by atoms with van der Waals surface area (Å²) < 4.78 is 5.44. The molecule has 0 bridgehead atoms. The molecule has 0 radical (unpaired) electrons. The smallest absolute Gasteiger partial charge is 0.247 e. The van der Waals surface area contributed by atoms with E-state index in [-0.39, 0.29) is 23.7 Å². The first-order valence-electron chi connectivity index (χ1n) is 11.4. The van der Waals surface area contributed by atoms with Crippen LogP contribution >= 0.6 is 11.8 Å². The molecule has 2 unspecified atom stereocenters. The lowest BCUT2D eigenvalue weighted by Gasteiger charge is -2.34. The molecule has 1 aliphatic heterocycles. The Morgan fingerprint density at radius 2 is 1.94 bits per heavy atom. The number of anilines is 1. The Hall–Kier alpha value is -2.85. The van der Waals surface area contributed by atoms with Crippen LogP contribution in [-0.2, 0) is 22.4 Å². The SMILES string of the molecule is CCOc1ccc(N2C(=O)CC(Sc3nc4c(cc3C#N)CC(C(C)(C)C)CC4)C2=O)cc1. The zero-order valence-corrected chi connectivity index (χ0v) is 20.4. The van der Waals surface area contributed by atoms with Gasteiger partial charge in [0.25, 0.3) is 0 Å². The number of hydrogen-bond donors (Lipinski definition) is 0. The minimum atomic E-state index is -0.590. The number of amides is 2. The van der Waals surface area contributed by atoms with Crippen molar-refractivity contribution in [1.82, 2.24) is 4.98 Å². The molecular formula is C26H29N3O3S. The number of imide groups is 1. The number of benzene rings is 1. The highest BCUT2D eigenvalue weighted by Crippen LogP contribution is 2.40. The standard InChI is InChI=1S/C26H29N3O3S/c1-5-32-20-9-7-19(8-10-20)29-23(30)14-22(25(29)31)33-24-17(15-27)12-16-13-18(26(2,3)4)6-11-21(16)28-24/h7-10,12,18,22H,5-6,11,13-14H2,1-4H3. The predicted octanol–water partition coefficient (Wildman–Crippen LogP) is 4.93. The third-order valence-corrected chi connectivity index (χ3v) is 7.65. The van der Waals surface area contributed by atoms with Gasteiger partial charge in [0, 0.05) is 12.1 Å². The van der Waals surface area contributed by atoms with Gasteiger partial charge < -0.3 is 4.74 Å². The van der Waals surface area contributed by atoms with E-state index in [1.807, 2.05) is 13.0 Å². The number of nitriles is 1. The summed E-state index contributed by atoms with van der Waals surface area (Å²) in [5.41, 5.74) is 3.36. The first-order valence-corrected chi connectivity index (χ1v) is 12.3.